The predicted octanol–water partition coefficient (Wildman–Crippen LogP) is 4.33. The summed E-state index contributed by atoms with van der Waals surface area (Å²) in [4.78, 5) is 21.1. The zero-order valence-corrected chi connectivity index (χ0v) is 18.2. The van der Waals surface area contributed by atoms with E-state index in [1.165, 1.54) is 17.4 Å². The summed E-state index contributed by atoms with van der Waals surface area (Å²) < 4.78 is 39.1. The van der Waals surface area contributed by atoms with Crippen LogP contribution in [0.1, 0.15) is 24.2 Å². The third-order valence-corrected chi connectivity index (χ3v) is 6.09. The number of rotatable bonds is 6. The largest absolute Gasteiger partial charge is 0.490 e. The van der Waals surface area contributed by atoms with Gasteiger partial charge in [-0.25, -0.2) is 13.8 Å². The zero-order valence-electron chi connectivity index (χ0n) is 17.4. The molecule has 2 heterocycles. The van der Waals surface area contributed by atoms with Crippen LogP contribution >= 0.6 is 11.3 Å². The molecule has 2 aromatic carbocycles. The van der Waals surface area contributed by atoms with Crippen LogP contribution in [0, 0.1) is 11.6 Å². The first kappa shape index (κ1) is 21.3. The first-order valence-electron chi connectivity index (χ1n) is 10.2. The van der Waals surface area contributed by atoms with E-state index in [4.69, 9.17) is 9.47 Å². The Bertz CT molecular complexity index is 1100. The van der Waals surface area contributed by atoms with Crippen molar-refractivity contribution in [3.63, 3.8) is 0 Å². The highest BCUT2D eigenvalue weighted by Gasteiger charge is 2.25. The van der Waals surface area contributed by atoms with E-state index in [1.807, 2.05) is 18.7 Å². The molecule has 1 aliphatic rings. The summed E-state index contributed by atoms with van der Waals surface area (Å²) >= 11 is 1.25. The van der Waals surface area contributed by atoms with Gasteiger partial charge in [0.25, 0.3) is 5.91 Å². The van der Waals surface area contributed by atoms with Gasteiger partial charge in [-0.15, -0.1) is 0 Å². The van der Waals surface area contributed by atoms with Crippen molar-refractivity contribution in [2.24, 2.45) is 0 Å². The standard InChI is InChI=1S/C22H23F2N3O3S/c1-3-29-17-6-5-14(11-18(17)30-4-2)21(28)26-7-9-27(10-8-26)22-25-20-16(24)12-15(23)13-19(20)31-22/h5-6,11-13H,3-4,7-10H2,1-2H3. The molecule has 4 rings (SSSR count). The van der Waals surface area contributed by atoms with Crippen molar-refractivity contribution < 1.29 is 23.0 Å². The number of hydrogen-bond donors (Lipinski definition) is 0. The number of halogens is 2. The number of amides is 1. The van der Waals surface area contributed by atoms with Crippen molar-refractivity contribution in [3.8, 4) is 11.5 Å². The van der Waals surface area contributed by atoms with Gasteiger partial charge in [-0.05, 0) is 38.1 Å². The smallest absolute Gasteiger partial charge is 0.254 e. The first-order valence-corrected chi connectivity index (χ1v) is 11.0. The number of benzene rings is 2. The molecule has 0 aliphatic carbocycles. The highest BCUT2D eigenvalue weighted by molar-refractivity contribution is 7.22. The topological polar surface area (TPSA) is 54.9 Å². The number of piperazine rings is 1. The number of carbonyl (C=O) groups excluding carboxylic acids is 1. The number of aromatic nitrogens is 1. The second-order valence-corrected chi connectivity index (χ2v) is 8.05. The lowest BCUT2D eigenvalue weighted by atomic mass is 10.1. The Balaban J connectivity index is 1.45. The Morgan fingerprint density at radius 1 is 1.03 bits per heavy atom. The number of nitrogens with zero attached hydrogens (tertiary/aromatic N) is 3. The average Bonchev–Trinajstić information content (AvgIpc) is 3.19. The van der Waals surface area contributed by atoms with E-state index >= 15 is 0 Å². The number of ether oxygens (including phenoxy) is 2. The number of hydrogen-bond acceptors (Lipinski definition) is 6. The van der Waals surface area contributed by atoms with Gasteiger partial charge in [-0.2, -0.15) is 0 Å². The van der Waals surface area contributed by atoms with Crippen LogP contribution in [0.15, 0.2) is 30.3 Å². The van der Waals surface area contributed by atoms with Gasteiger partial charge in [0.1, 0.15) is 11.3 Å². The lowest BCUT2D eigenvalue weighted by molar-refractivity contribution is 0.0746. The van der Waals surface area contributed by atoms with Crippen LogP contribution in [-0.2, 0) is 0 Å². The maximum absolute atomic E-state index is 14.0. The van der Waals surface area contributed by atoms with Crippen molar-refractivity contribution in [3.05, 3.63) is 47.5 Å². The molecule has 31 heavy (non-hydrogen) atoms. The van der Waals surface area contributed by atoms with Gasteiger partial charge in [0, 0.05) is 37.8 Å². The van der Waals surface area contributed by atoms with Crippen molar-refractivity contribution in [2.75, 3.05) is 44.3 Å². The lowest BCUT2D eigenvalue weighted by Gasteiger charge is -2.34. The highest BCUT2D eigenvalue weighted by atomic mass is 32.1. The van der Waals surface area contributed by atoms with Gasteiger partial charge in [0.15, 0.2) is 22.4 Å². The number of anilines is 1. The Labute approximate surface area is 183 Å². The lowest BCUT2D eigenvalue weighted by Crippen LogP contribution is -2.48. The molecular formula is C22H23F2N3O3S. The predicted molar refractivity (Wildman–Crippen MR) is 116 cm³/mol. The molecule has 3 aromatic rings. The van der Waals surface area contributed by atoms with E-state index < -0.39 is 11.6 Å². The van der Waals surface area contributed by atoms with Crippen molar-refractivity contribution >= 4 is 32.6 Å². The molecule has 1 aliphatic heterocycles. The molecule has 164 valence electrons. The summed E-state index contributed by atoms with van der Waals surface area (Å²) in [5.41, 5.74) is 0.718. The van der Waals surface area contributed by atoms with Crippen LogP contribution < -0.4 is 14.4 Å². The molecule has 0 spiro atoms. The van der Waals surface area contributed by atoms with Gasteiger partial charge in [-0.3, -0.25) is 4.79 Å². The summed E-state index contributed by atoms with van der Waals surface area (Å²) in [6, 6.07) is 7.35. The summed E-state index contributed by atoms with van der Waals surface area (Å²) in [5.74, 6) is -0.187. The molecule has 0 saturated carbocycles. The second kappa shape index (κ2) is 9.05. The molecule has 1 aromatic heterocycles. The Morgan fingerprint density at radius 3 is 2.45 bits per heavy atom. The van der Waals surface area contributed by atoms with E-state index in [0.717, 1.165) is 6.07 Å². The van der Waals surface area contributed by atoms with E-state index in [-0.39, 0.29) is 11.4 Å². The SMILES string of the molecule is CCOc1ccc(C(=O)N2CCN(c3nc4c(F)cc(F)cc4s3)CC2)cc1OCC. The van der Waals surface area contributed by atoms with Gasteiger partial charge in [-0.1, -0.05) is 11.3 Å². The minimum Gasteiger partial charge on any atom is -0.490 e. The molecule has 0 unspecified atom stereocenters. The molecule has 0 N–H and O–H groups in total. The third-order valence-electron chi connectivity index (χ3n) is 5.03. The molecule has 1 amide bonds. The number of carbonyl (C=O) groups is 1. The van der Waals surface area contributed by atoms with Gasteiger partial charge < -0.3 is 19.3 Å². The van der Waals surface area contributed by atoms with Crippen LogP contribution in [0.5, 0.6) is 11.5 Å². The molecule has 0 radical (unpaired) electrons. The van der Waals surface area contributed by atoms with E-state index in [0.29, 0.717) is 66.3 Å². The van der Waals surface area contributed by atoms with Crippen LogP contribution in [0.3, 0.4) is 0 Å². The molecule has 0 atom stereocenters. The fourth-order valence-corrected chi connectivity index (χ4v) is 4.60. The second-order valence-electron chi connectivity index (χ2n) is 7.04. The molecule has 1 fully saturated rings. The monoisotopic (exact) mass is 447 g/mol. The molecule has 1 saturated heterocycles. The van der Waals surface area contributed by atoms with Crippen LogP contribution in [-0.4, -0.2) is 55.2 Å². The fourth-order valence-electron chi connectivity index (χ4n) is 3.55. The van der Waals surface area contributed by atoms with Crippen molar-refractivity contribution in [2.45, 2.75) is 13.8 Å². The number of thiazole rings is 1. The van der Waals surface area contributed by atoms with E-state index in [9.17, 15) is 13.6 Å². The fraction of sp³-hybridized carbons (Fsp3) is 0.364. The quantitative estimate of drug-likeness (QED) is 0.563. The Kier molecular flexibility index (Phi) is 6.22. The third kappa shape index (κ3) is 4.41. The highest BCUT2D eigenvalue weighted by Crippen LogP contribution is 2.32. The van der Waals surface area contributed by atoms with Crippen molar-refractivity contribution in [1.82, 2.24) is 9.88 Å². The average molecular weight is 448 g/mol. The molecule has 6 nitrogen and oxygen atoms in total. The van der Waals surface area contributed by atoms with Gasteiger partial charge in [0.2, 0.25) is 0 Å². The zero-order chi connectivity index (χ0) is 22.0. The van der Waals surface area contributed by atoms with Crippen molar-refractivity contribution in [1.29, 1.82) is 0 Å². The Morgan fingerprint density at radius 2 is 1.74 bits per heavy atom. The molecular weight excluding hydrogens is 424 g/mol. The summed E-state index contributed by atoms with van der Waals surface area (Å²) in [5, 5.41) is 0.631. The molecule has 0 bridgehead atoms. The van der Waals surface area contributed by atoms with Crippen LogP contribution in [0.4, 0.5) is 13.9 Å². The van der Waals surface area contributed by atoms with Gasteiger partial charge >= 0.3 is 0 Å². The normalized spacial score (nSPS) is 14.2. The van der Waals surface area contributed by atoms with Crippen LogP contribution in [0.25, 0.3) is 10.2 Å². The van der Waals surface area contributed by atoms with E-state index in [1.54, 1.807) is 23.1 Å². The summed E-state index contributed by atoms with van der Waals surface area (Å²) in [6.07, 6.45) is 0. The summed E-state index contributed by atoms with van der Waals surface area (Å²) in [6.45, 7) is 6.89. The van der Waals surface area contributed by atoms with Crippen LogP contribution in [0.2, 0.25) is 0 Å². The van der Waals surface area contributed by atoms with Gasteiger partial charge in [0.05, 0.1) is 17.9 Å². The number of fused-ring (bicyclic) bond motifs is 1. The maximum Gasteiger partial charge on any atom is 0.254 e. The Hall–Kier alpha value is -2.94. The first-order chi connectivity index (χ1) is 15.0. The van der Waals surface area contributed by atoms with E-state index in [2.05, 4.69) is 4.98 Å². The molecule has 9 heteroatoms. The maximum atomic E-state index is 14.0. The summed E-state index contributed by atoms with van der Waals surface area (Å²) in [7, 11) is 0. The minimum absolute atomic E-state index is 0.0823. The minimum atomic E-state index is -0.660.